The fourth-order valence-electron chi connectivity index (χ4n) is 1.37. The Morgan fingerprint density at radius 2 is 2.45 bits per heavy atom. The van der Waals surface area contributed by atoms with E-state index in [1.165, 1.54) is 19.3 Å². The monoisotopic (exact) mass is 172 g/mol. The lowest BCUT2D eigenvalue weighted by Crippen LogP contribution is -2.17. The van der Waals surface area contributed by atoms with Crippen LogP contribution in [-0.4, -0.2) is 16.8 Å². The van der Waals surface area contributed by atoms with Gasteiger partial charge >= 0.3 is 0 Å². The molecule has 0 aromatic rings. The maximum atomic E-state index is 11.0. The van der Waals surface area contributed by atoms with Crippen molar-refractivity contribution in [3.63, 3.8) is 0 Å². The molecule has 1 rings (SSSR count). The summed E-state index contributed by atoms with van der Waals surface area (Å²) in [5.41, 5.74) is 0. The summed E-state index contributed by atoms with van der Waals surface area (Å²) < 4.78 is 0. The fraction of sp³-hybridized carbons (Fsp3) is 0.889. The molecule has 1 aliphatic rings. The SMILES string of the molecule is CCCCC1CC(=O)CCS1. The maximum Gasteiger partial charge on any atom is 0.134 e. The van der Waals surface area contributed by atoms with Crippen LogP contribution in [0.3, 0.4) is 0 Å². The number of thioether (sulfide) groups is 1. The average Bonchev–Trinajstić information content (AvgIpc) is 2.01. The summed E-state index contributed by atoms with van der Waals surface area (Å²) in [7, 11) is 0. The van der Waals surface area contributed by atoms with E-state index >= 15 is 0 Å². The minimum atomic E-state index is 0.477. The van der Waals surface area contributed by atoms with E-state index in [1.54, 1.807) is 0 Å². The molecule has 11 heavy (non-hydrogen) atoms. The van der Waals surface area contributed by atoms with Crippen molar-refractivity contribution in [2.45, 2.75) is 44.3 Å². The normalized spacial score (nSPS) is 25.5. The number of hydrogen-bond acceptors (Lipinski definition) is 2. The average molecular weight is 172 g/mol. The molecule has 1 unspecified atom stereocenters. The van der Waals surface area contributed by atoms with Crippen molar-refractivity contribution in [1.29, 1.82) is 0 Å². The lowest BCUT2D eigenvalue weighted by atomic mass is 10.1. The van der Waals surface area contributed by atoms with Crippen LogP contribution in [0.4, 0.5) is 0 Å². The molecule has 1 nitrogen and oxygen atoms in total. The van der Waals surface area contributed by atoms with Gasteiger partial charge in [0.1, 0.15) is 5.78 Å². The zero-order chi connectivity index (χ0) is 8.10. The Balaban J connectivity index is 2.17. The summed E-state index contributed by atoms with van der Waals surface area (Å²) in [6.45, 7) is 2.20. The first-order valence-corrected chi connectivity index (χ1v) is 5.51. The highest BCUT2D eigenvalue weighted by Crippen LogP contribution is 2.26. The number of carbonyl (C=O) groups excluding carboxylic acids is 1. The summed E-state index contributed by atoms with van der Waals surface area (Å²) in [5.74, 6) is 1.54. The highest BCUT2D eigenvalue weighted by Gasteiger charge is 2.18. The van der Waals surface area contributed by atoms with Crippen LogP contribution >= 0.6 is 11.8 Å². The number of rotatable bonds is 3. The number of hydrogen-bond donors (Lipinski definition) is 0. The van der Waals surface area contributed by atoms with E-state index in [2.05, 4.69) is 6.92 Å². The highest BCUT2D eigenvalue weighted by atomic mass is 32.2. The molecule has 0 spiro atoms. The van der Waals surface area contributed by atoms with Crippen molar-refractivity contribution in [3.05, 3.63) is 0 Å². The lowest BCUT2D eigenvalue weighted by molar-refractivity contribution is -0.118. The highest BCUT2D eigenvalue weighted by molar-refractivity contribution is 8.00. The van der Waals surface area contributed by atoms with E-state index in [4.69, 9.17) is 0 Å². The van der Waals surface area contributed by atoms with Crippen molar-refractivity contribution < 1.29 is 4.79 Å². The standard InChI is InChI=1S/C9H16OS/c1-2-3-4-9-7-8(10)5-6-11-9/h9H,2-7H2,1H3. The first-order chi connectivity index (χ1) is 5.33. The van der Waals surface area contributed by atoms with Gasteiger partial charge in [-0.05, 0) is 6.42 Å². The fourth-order valence-corrected chi connectivity index (χ4v) is 2.69. The van der Waals surface area contributed by atoms with Gasteiger partial charge in [-0.15, -0.1) is 0 Å². The number of unbranched alkanes of at least 4 members (excludes halogenated alkanes) is 1. The van der Waals surface area contributed by atoms with Gasteiger partial charge in [-0.1, -0.05) is 19.8 Å². The molecule has 1 aliphatic heterocycles. The third kappa shape index (κ3) is 3.28. The van der Waals surface area contributed by atoms with Crippen molar-refractivity contribution in [2.75, 3.05) is 5.75 Å². The van der Waals surface area contributed by atoms with Gasteiger partial charge in [0.15, 0.2) is 0 Å². The Bertz CT molecular complexity index is 134. The molecule has 64 valence electrons. The van der Waals surface area contributed by atoms with E-state index in [-0.39, 0.29) is 0 Å². The molecular weight excluding hydrogens is 156 g/mol. The smallest absolute Gasteiger partial charge is 0.134 e. The van der Waals surface area contributed by atoms with Gasteiger partial charge in [0.05, 0.1) is 0 Å². The van der Waals surface area contributed by atoms with Gasteiger partial charge in [-0.2, -0.15) is 11.8 Å². The first-order valence-electron chi connectivity index (χ1n) is 4.46. The minimum absolute atomic E-state index is 0.477. The van der Waals surface area contributed by atoms with E-state index < -0.39 is 0 Å². The van der Waals surface area contributed by atoms with Gasteiger partial charge in [0, 0.05) is 23.8 Å². The predicted molar refractivity (Wildman–Crippen MR) is 50.0 cm³/mol. The molecule has 2 heteroatoms. The molecule has 0 N–H and O–H groups in total. The summed E-state index contributed by atoms with van der Waals surface area (Å²) in [6, 6.07) is 0. The van der Waals surface area contributed by atoms with Gasteiger partial charge in [0.2, 0.25) is 0 Å². The molecule has 0 saturated carbocycles. The largest absolute Gasteiger partial charge is 0.300 e. The van der Waals surface area contributed by atoms with Crippen LogP contribution in [-0.2, 0) is 4.79 Å². The summed E-state index contributed by atoms with van der Waals surface area (Å²) in [4.78, 5) is 11.0. The second-order valence-electron chi connectivity index (χ2n) is 3.13. The quantitative estimate of drug-likeness (QED) is 0.651. The number of carbonyl (C=O) groups is 1. The van der Waals surface area contributed by atoms with Crippen molar-refractivity contribution in [1.82, 2.24) is 0 Å². The molecule has 0 bridgehead atoms. The Kier molecular flexibility index (Phi) is 3.98. The summed E-state index contributed by atoms with van der Waals surface area (Å²) >= 11 is 1.99. The van der Waals surface area contributed by atoms with Crippen LogP contribution in [0.15, 0.2) is 0 Å². The molecule has 0 aliphatic carbocycles. The van der Waals surface area contributed by atoms with Crippen LogP contribution in [0, 0.1) is 0 Å². The third-order valence-electron chi connectivity index (χ3n) is 2.07. The molecule has 0 aromatic carbocycles. The molecule has 1 heterocycles. The van der Waals surface area contributed by atoms with Gasteiger partial charge in [0.25, 0.3) is 0 Å². The summed E-state index contributed by atoms with van der Waals surface area (Å²) in [5, 5.41) is 0.649. The van der Waals surface area contributed by atoms with Gasteiger partial charge in [-0.3, -0.25) is 4.79 Å². The Morgan fingerprint density at radius 1 is 1.64 bits per heavy atom. The summed E-state index contributed by atoms with van der Waals surface area (Å²) in [6.07, 6.45) is 5.43. The van der Waals surface area contributed by atoms with Crippen LogP contribution in [0.5, 0.6) is 0 Å². The predicted octanol–water partition coefficient (Wildman–Crippen LogP) is 2.64. The topological polar surface area (TPSA) is 17.1 Å². The lowest BCUT2D eigenvalue weighted by Gasteiger charge is -2.19. The van der Waals surface area contributed by atoms with Crippen molar-refractivity contribution in [2.24, 2.45) is 0 Å². The molecule has 1 saturated heterocycles. The van der Waals surface area contributed by atoms with Gasteiger partial charge < -0.3 is 0 Å². The van der Waals surface area contributed by atoms with E-state index in [0.29, 0.717) is 11.0 Å². The number of ketones is 1. The van der Waals surface area contributed by atoms with Crippen LogP contribution in [0.25, 0.3) is 0 Å². The molecular formula is C9H16OS. The van der Waals surface area contributed by atoms with Crippen molar-refractivity contribution in [3.8, 4) is 0 Å². The molecule has 0 aromatic heterocycles. The van der Waals surface area contributed by atoms with Crippen LogP contribution in [0.2, 0.25) is 0 Å². The maximum absolute atomic E-state index is 11.0. The van der Waals surface area contributed by atoms with E-state index in [1.807, 2.05) is 11.8 Å². The second kappa shape index (κ2) is 4.81. The van der Waals surface area contributed by atoms with Crippen LogP contribution < -0.4 is 0 Å². The molecule has 0 radical (unpaired) electrons. The van der Waals surface area contributed by atoms with Gasteiger partial charge in [-0.25, -0.2) is 0 Å². The Hall–Kier alpha value is 0.0200. The molecule has 1 atom stereocenters. The van der Waals surface area contributed by atoms with Crippen molar-refractivity contribution >= 4 is 17.5 Å². The third-order valence-corrected chi connectivity index (χ3v) is 3.38. The first kappa shape index (κ1) is 9.11. The number of Topliss-reactive ketones (excluding diaryl/α,β-unsaturated/α-hetero) is 1. The molecule has 1 fully saturated rings. The van der Waals surface area contributed by atoms with E-state index in [0.717, 1.165) is 18.6 Å². The van der Waals surface area contributed by atoms with Crippen LogP contribution in [0.1, 0.15) is 39.0 Å². The zero-order valence-electron chi connectivity index (χ0n) is 7.14. The Morgan fingerprint density at radius 3 is 3.09 bits per heavy atom. The second-order valence-corrected chi connectivity index (χ2v) is 4.54. The minimum Gasteiger partial charge on any atom is -0.300 e. The molecule has 0 amide bonds. The Labute approximate surface area is 72.9 Å². The zero-order valence-corrected chi connectivity index (χ0v) is 7.95. The van der Waals surface area contributed by atoms with E-state index in [9.17, 15) is 4.79 Å².